The maximum absolute atomic E-state index is 12.7. The average Bonchev–Trinajstić information content (AvgIpc) is 3.11. The molecule has 1 aliphatic rings. The SMILES string of the molecule is Cc1cc(C)c2nc(N3CCC[C@H](C(=O)NCc4cccc(Br)c4)C3)sc2c1. The molecule has 6 heteroatoms. The molecule has 28 heavy (non-hydrogen) atoms. The van der Waals surface area contributed by atoms with Crippen LogP contribution in [0.15, 0.2) is 40.9 Å². The van der Waals surface area contributed by atoms with Gasteiger partial charge in [0.2, 0.25) is 5.91 Å². The van der Waals surface area contributed by atoms with Crippen molar-refractivity contribution < 1.29 is 4.79 Å². The van der Waals surface area contributed by atoms with E-state index in [0.29, 0.717) is 6.54 Å². The molecule has 1 atom stereocenters. The molecule has 1 aromatic heterocycles. The number of fused-ring (bicyclic) bond motifs is 1. The Kier molecular flexibility index (Phi) is 5.69. The number of carbonyl (C=O) groups is 1. The summed E-state index contributed by atoms with van der Waals surface area (Å²) >= 11 is 5.21. The molecule has 1 saturated heterocycles. The van der Waals surface area contributed by atoms with Crippen LogP contribution in [0.25, 0.3) is 10.2 Å². The number of anilines is 1. The largest absolute Gasteiger partial charge is 0.352 e. The lowest BCUT2D eigenvalue weighted by Crippen LogP contribution is -2.42. The van der Waals surface area contributed by atoms with Crippen molar-refractivity contribution in [2.45, 2.75) is 33.2 Å². The van der Waals surface area contributed by atoms with Gasteiger partial charge >= 0.3 is 0 Å². The number of rotatable bonds is 4. The molecule has 2 heterocycles. The minimum Gasteiger partial charge on any atom is -0.352 e. The van der Waals surface area contributed by atoms with Gasteiger partial charge in [0.05, 0.1) is 16.1 Å². The summed E-state index contributed by atoms with van der Waals surface area (Å²) in [6.07, 6.45) is 1.95. The number of nitrogens with zero attached hydrogens (tertiary/aromatic N) is 2. The predicted molar refractivity (Wildman–Crippen MR) is 120 cm³/mol. The number of piperidine rings is 1. The number of halogens is 1. The van der Waals surface area contributed by atoms with Crippen LogP contribution < -0.4 is 10.2 Å². The van der Waals surface area contributed by atoms with Crippen molar-refractivity contribution in [3.05, 3.63) is 57.6 Å². The highest BCUT2D eigenvalue weighted by atomic mass is 79.9. The van der Waals surface area contributed by atoms with Crippen molar-refractivity contribution in [3.8, 4) is 0 Å². The quantitative estimate of drug-likeness (QED) is 0.584. The molecule has 146 valence electrons. The zero-order valence-electron chi connectivity index (χ0n) is 16.2. The minimum absolute atomic E-state index is 0.00995. The molecule has 0 aliphatic carbocycles. The Morgan fingerprint density at radius 3 is 3.00 bits per heavy atom. The van der Waals surface area contributed by atoms with Crippen molar-refractivity contribution in [3.63, 3.8) is 0 Å². The summed E-state index contributed by atoms with van der Waals surface area (Å²) in [7, 11) is 0. The summed E-state index contributed by atoms with van der Waals surface area (Å²) in [6.45, 7) is 6.51. The molecule has 0 radical (unpaired) electrons. The molecule has 2 aromatic carbocycles. The molecule has 4 rings (SSSR count). The maximum atomic E-state index is 12.7. The van der Waals surface area contributed by atoms with Crippen LogP contribution in [0.4, 0.5) is 5.13 Å². The van der Waals surface area contributed by atoms with Crippen LogP contribution >= 0.6 is 27.3 Å². The highest BCUT2D eigenvalue weighted by Gasteiger charge is 2.27. The first-order valence-electron chi connectivity index (χ1n) is 9.64. The summed E-state index contributed by atoms with van der Waals surface area (Å²) in [5, 5.41) is 4.14. The van der Waals surface area contributed by atoms with E-state index < -0.39 is 0 Å². The molecule has 4 nitrogen and oxygen atoms in total. The fourth-order valence-electron chi connectivity index (χ4n) is 3.84. The Labute approximate surface area is 178 Å². The van der Waals surface area contributed by atoms with E-state index >= 15 is 0 Å². The number of carbonyl (C=O) groups excluding carboxylic acids is 1. The van der Waals surface area contributed by atoms with Crippen molar-refractivity contribution >= 4 is 48.5 Å². The third-order valence-corrected chi connectivity index (χ3v) is 6.79. The van der Waals surface area contributed by atoms with Gasteiger partial charge in [-0.25, -0.2) is 4.98 Å². The normalized spacial score (nSPS) is 17.1. The van der Waals surface area contributed by atoms with Crippen LogP contribution in [0, 0.1) is 19.8 Å². The van der Waals surface area contributed by atoms with Gasteiger partial charge in [-0.3, -0.25) is 4.79 Å². The van der Waals surface area contributed by atoms with E-state index in [4.69, 9.17) is 4.98 Å². The predicted octanol–water partition coefficient (Wildman–Crippen LogP) is 5.21. The fraction of sp³-hybridized carbons (Fsp3) is 0.364. The van der Waals surface area contributed by atoms with E-state index in [0.717, 1.165) is 46.6 Å². The van der Waals surface area contributed by atoms with Gasteiger partial charge in [-0.1, -0.05) is 45.5 Å². The third kappa shape index (κ3) is 4.23. The van der Waals surface area contributed by atoms with E-state index in [2.05, 4.69) is 52.1 Å². The number of aromatic nitrogens is 1. The number of hydrogen-bond acceptors (Lipinski definition) is 4. The highest BCUT2D eigenvalue weighted by molar-refractivity contribution is 9.10. The number of nitrogens with one attached hydrogen (secondary N) is 1. The second kappa shape index (κ2) is 8.21. The molecular weight excluding hydrogens is 434 g/mol. The zero-order valence-corrected chi connectivity index (χ0v) is 18.6. The van der Waals surface area contributed by atoms with Gasteiger partial charge in [-0.2, -0.15) is 0 Å². The Morgan fingerprint density at radius 1 is 1.32 bits per heavy atom. The Bertz CT molecular complexity index is 1020. The van der Waals surface area contributed by atoms with E-state index in [1.807, 2.05) is 24.3 Å². The van der Waals surface area contributed by atoms with E-state index in [1.165, 1.54) is 15.8 Å². The standard InChI is InChI=1S/C22H24BrN3OS/c1-14-9-15(2)20-19(10-14)28-22(25-20)26-8-4-6-17(13-26)21(27)24-12-16-5-3-7-18(23)11-16/h3,5,7,9-11,17H,4,6,8,12-13H2,1-2H3,(H,24,27)/t17-/m0/s1. The Balaban J connectivity index is 1.44. The molecule has 3 aromatic rings. The van der Waals surface area contributed by atoms with Crippen LogP contribution in [-0.2, 0) is 11.3 Å². The topological polar surface area (TPSA) is 45.2 Å². The zero-order chi connectivity index (χ0) is 19.7. The van der Waals surface area contributed by atoms with Gasteiger partial charge in [-0.05, 0) is 61.6 Å². The first-order chi connectivity index (χ1) is 13.5. The lowest BCUT2D eigenvalue weighted by Gasteiger charge is -2.31. The molecular formula is C22H24BrN3OS. The first kappa shape index (κ1) is 19.4. The average molecular weight is 458 g/mol. The number of aryl methyl sites for hydroxylation is 2. The first-order valence-corrected chi connectivity index (χ1v) is 11.3. The van der Waals surface area contributed by atoms with E-state index in [9.17, 15) is 4.79 Å². The van der Waals surface area contributed by atoms with Crippen molar-refractivity contribution in [1.82, 2.24) is 10.3 Å². The summed E-state index contributed by atoms with van der Waals surface area (Å²) in [5.74, 6) is 0.147. The van der Waals surface area contributed by atoms with Crippen molar-refractivity contribution in [2.24, 2.45) is 5.92 Å². The molecule has 0 saturated carbocycles. The fourth-order valence-corrected chi connectivity index (χ4v) is 5.46. The number of amides is 1. The smallest absolute Gasteiger partial charge is 0.225 e. The van der Waals surface area contributed by atoms with Gasteiger partial charge in [0.25, 0.3) is 0 Å². The van der Waals surface area contributed by atoms with Gasteiger partial charge in [0.15, 0.2) is 5.13 Å². The van der Waals surface area contributed by atoms with Crippen LogP contribution in [0.1, 0.15) is 29.5 Å². The van der Waals surface area contributed by atoms with Gasteiger partial charge in [0, 0.05) is 24.1 Å². The number of hydrogen-bond donors (Lipinski definition) is 1. The van der Waals surface area contributed by atoms with Gasteiger partial charge in [0.1, 0.15) is 0 Å². The van der Waals surface area contributed by atoms with E-state index in [1.54, 1.807) is 11.3 Å². The van der Waals surface area contributed by atoms with Crippen LogP contribution in [0.2, 0.25) is 0 Å². The maximum Gasteiger partial charge on any atom is 0.225 e. The van der Waals surface area contributed by atoms with E-state index in [-0.39, 0.29) is 11.8 Å². The molecule has 0 unspecified atom stereocenters. The highest BCUT2D eigenvalue weighted by Crippen LogP contribution is 2.33. The summed E-state index contributed by atoms with van der Waals surface area (Å²) < 4.78 is 2.26. The molecule has 1 amide bonds. The number of benzene rings is 2. The summed E-state index contributed by atoms with van der Waals surface area (Å²) in [5.41, 5.74) is 4.68. The summed E-state index contributed by atoms with van der Waals surface area (Å²) in [6, 6.07) is 12.4. The van der Waals surface area contributed by atoms with Gasteiger partial charge < -0.3 is 10.2 Å². The monoisotopic (exact) mass is 457 g/mol. The second-order valence-electron chi connectivity index (χ2n) is 7.56. The summed E-state index contributed by atoms with van der Waals surface area (Å²) in [4.78, 5) is 19.9. The molecule has 1 aliphatic heterocycles. The Hall–Kier alpha value is -1.92. The molecule has 1 N–H and O–H groups in total. The van der Waals surface area contributed by atoms with Crippen molar-refractivity contribution in [1.29, 1.82) is 0 Å². The lowest BCUT2D eigenvalue weighted by molar-refractivity contribution is -0.125. The molecule has 0 bridgehead atoms. The van der Waals surface area contributed by atoms with Crippen molar-refractivity contribution in [2.75, 3.05) is 18.0 Å². The third-order valence-electron chi connectivity index (χ3n) is 5.24. The Morgan fingerprint density at radius 2 is 2.18 bits per heavy atom. The van der Waals surface area contributed by atoms with Crippen LogP contribution in [-0.4, -0.2) is 24.0 Å². The molecule has 1 fully saturated rings. The molecule has 0 spiro atoms. The van der Waals surface area contributed by atoms with Crippen LogP contribution in [0.3, 0.4) is 0 Å². The lowest BCUT2D eigenvalue weighted by atomic mass is 9.97. The van der Waals surface area contributed by atoms with Gasteiger partial charge in [-0.15, -0.1) is 0 Å². The van der Waals surface area contributed by atoms with Crippen LogP contribution in [0.5, 0.6) is 0 Å². The number of thiazole rings is 1. The second-order valence-corrected chi connectivity index (χ2v) is 9.48. The minimum atomic E-state index is 0.00995.